The molecule has 5 nitrogen and oxygen atoms in total. The second-order valence-corrected chi connectivity index (χ2v) is 3.64. The van der Waals surface area contributed by atoms with E-state index >= 15 is 0 Å². The van der Waals surface area contributed by atoms with Gasteiger partial charge in [0.15, 0.2) is 0 Å². The number of ether oxygens (including phenoxy) is 1. The molecule has 0 aliphatic carbocycles. The van der Waals surface area contributed by atoms with Crippen LogP contribution in [-0.2, 0) is 24.1 Å². The standard InChI is InChI=1S/C11H18N4O/c1-3-5-11-10(6-7-12)13-14-15(11)8-4-9-16-2/h3-6,8-9H2,1-2H3. The largest absolute Gasteiger partial charge is 0.385 e. The summed E-state index contributed by atoms with van der Waals surface area (Å²) in [6.45, 7) is 3.64. The number of hydrogen-bond donors (Lipinski definition) is 0. The Morgan fingerprint density at radius 1 is 1.50 bits per heavy atom. The summed E-state index contributed by atoms with van der Waals surface area (Å²) in [5.41, 5.74) is 1.92. The van der Waals surface area contributed by atoms with Crippen molar-refractivity contribution >= 4 is 0 Å². The third-order valence-electron chi connectivity index (χ3n) is 2.37. The quantitative estimate of drug-likeness (QED) is 0.653. The predicted molar refractivity (Wildman–Crippen MR) is 59.8 cm³/mol. The molecule has 0 saturated heterocycles. The fourth-order valence-electron chi connectivity index (χ4n) is 1.63. The molecule has 0 amide bonds. The van der Waals surface area contributed by atoms with Gasteiger partial charge in [0.25, 0.3) is 0 Å². The summed E-state index contributed by atoms with van der Waals surface area (Å²) in [4.78, 5) is 0. The van der Waals surface area contributed by atoms with Crippen LogP contribution in [0, 0.1) is 11.3 Å². The third kappa shape index (κ3) is 3.31. The molecular weight excluding hydrogens is 204 g/mol. The number of nitriles is 1. The van der Waals surface area contributed by atoms with Crippen molar-refractivity contribution in [3.8, 4) is 6.07 Å². The highest BCUT2D eigenvalue weighted by atomic mass is 16.5. The summed E-state index contributed by atoms with van der Waals surface area (Å²) in [5.74, 6) is 0. The average Bonchev–Trinajstić information content (AvgIpc) is 2.64. The summed E-state index contributed by atoms with van der Waals surface area (Å²) in [7, 11) is 1.69. The van der Waals surface area contributed by atoms with Crippen LogP contribution in [0.4, 0.5) is 0 Å². The predicted octanol–water partition coefficient (Wildman–Crippen LogP) is 1.33. The van der Waals surface area contributed by atoms with E-state index in [1.54, 1.807) is 7.11 Å². The molecule has 16 heavy (non-hydrogen) atoms. The molecule has 1 aromatic heterocycles. The lowest BCUT2D eigenvalue weighted by atomic mass is 10.2. The fourth-order valence-corrected chi connectivity index (χ4v) is 1.63. The molecule has 0 aliphatic rings. The molecule has 0 radical (unpaired) electrons. The lowest BCUT2D eigenvalue weighted by Gasteiger charge is -2.05. The lowest BCUT2D eigenvalue weighted by molar-refractivity contribution is 0.188. The van der Waals surface area contributed by atoms with Gasteiger partial charge in [0.05, 0.1) is 23.9 Å². The molecule has 0 aliphatic heterocycles. The Kier molecular flexibility index (Phi) is 5.51. The maximum absolute atomic E-state index is 8.69. The molecule has 1 aromatic rings. The zero-order chi connectivity index (χ0) is 11.8. The summed E-state index contributed by atoms with van der Waals surface area (Å²) in [6.07, 6.45) is 3.23. The van der Waals surface area contributed by atoms with Gasteiger partial charge in [0, 0.05) is 20.3 Å². The van der Waals surface area contributed by atoms with Crippen LogP contribution < -0.4 is 0 Å². The van der Waals surface area contributed by atoms with Gasteiger partial charge in [-0.3, -0.25) is 0 Å². The van der Waals surface area contributed by atoms with Crippen molar-refractivity contribution in [2.45, 2.75) is 39.2 Å². The molecule has 0 saturated carbocycles. The van der Waals surface area contributed by atoms with E-state index in [2.05, 4.69) is 23.3 Å². The highest BCUT2D eigenvalue weighted by Crippen LogP contribution is 2.09. The molecule has 0 bridgehead atoms. The van der Waals surface area contributed by atoms with Gasteiger partial charge in [-0.05, 0) is 12.8 Å². The lowest BCUT2D eigenvalue weighted by Crippen LogP contribution is -2.08. The van der Waals surface area contributed by atoms with Gasteiger partial charge in [0.1, 0.15) is 0 Å². The second kappa shape index (κ2) is 6.96. The van der Waals surface area contributed by atoms with Crippen LogP contribution in [0.15, 0.2) is 0 Å². The van der Waals surface area contributed by atoms with Crippen LogP contribution in [0.2, 0.25) is 0 Å². The van der Waals surface area contributed by atoms with Crippen molar-refractivity contribution in [1.82, 2.24) is 15.0 Å². The first-order valence-corrected chi connectivity index (χ1v) is 5.60. The van der Waals surface area contributed by atoms with E-state index in [4.69, 9.17) is 10.00 Å². The molecule has 0 N–H and O–H groups in total. The maximum Gasteiger partial charge on any atom is 0.0999 e. The van der Waals surface area contributed by atoms with Crippen LogP contribution in [0.25, 0.3) is 0 Å². The summed E-state index contributed by atoms with van der Waals surface area (Å²) in [6, 6.07) is 2.12. The SMILES string of the molecule is CCCc1c(CC#N)nnn1CCCOC. The molecular formula is C11H18N4O. The number of aryl methyl sites for hydroxylation is 1. The zero-order valence-corrected chi connectivity index (χ0v) is 9.94. The zero-order valence-electron chi connectivity index (χ0n) is 9.94. The van der Waals surface area contributed by atoms with Gasteiger partial charge in [0.2, 0.25) is 0 Å². The van der Waals surface area contributed by atoms with Gasteiger partial charge in [-0.2, -0.15) is 5.26 Å². The number of rotatable bonds is 7. The first-order chi connectivity index (χ1) is 7.83. The van der Waals surface area contributed by atoms with Crippen LogP contribution in [0.3, 0.4) is 0 Å². The number of methoxy groups -OCH3 is 1. The fraction of sp³-hybridized carbons (Fsp3) is 0.727. The molecule has 0 unspecified atom stereocenters. The minimum absolute atomic E-state index is 0.347. The van der Waals surface area contributed by atoms with Crippen molar-refractivity contribution in [2.24, 2.45) is 0 Å². The topological polar surface area (TPSA) is 63.7 Å². The van der Waals surface area contributed by atoms with E-state index in [9.17, 15) is 0 Å². The van der Waals surface area contributed by atoms with E-state index in [-0.39, 0.29) is 0 Å². The Labute approximate surface area is 96.0 Å². The summed E-state index contributed by atoms with van der Waals surface area (Å²) in [5, 5.41) is 16.8. The van der Waals surface area contributed by atoms with E-state index in [1.165, 1.54) is 0 Å². The normalized spacial score (nSPS) is 10.3. The van der Waals surface area contributed by atoms with Crippen molar-refractivity contribution in [2.75, 3.05) is 13.7 Å². The van der Waals surface area contributed by atoms with Crippen molar-refractivity contribution < 1.29 is 4.74 Å². The Bertz CT molecular complexity index is 353. The second-order valence-electron chi connectivity index (χ2n) is 3.64. The van der Waals surface area contributed by atoms with E-state index in [0.29, 0.717) is 6.42 Å². The molecule has 0 atom stereocenters. The smallest absolute Gasteiger partial charge is 0.0999 e. The summed E-state index contributed by atoms with van der Waals surface area (Å²) < 4.78 is 6.90. The average molecular weight is 222 g/mol. The van der Waals surface area contributed by atoms with E-state index < -0.39 is 0 Å². The van der Waals surface area contributed by atoms with Crippen molar-refractivity contribution in [3.05, 3.63) is 11.4 Å². The van der Waals surface area contributed by atoms with Crippen molar-refractivity contribution in [3.63, 3.8) is 0 Å². The first kappa shape index (κ1) is 12.7. The third-order valence-corrected chi connectivity index (χ3v) is 2.37. The first-order valence-electron chi connectivity index (χ1n) is 5.60. The highest BCUT2D eigenvalue weighted by Gasteiger charge is 2.11. The van der Waals surface area contributed by atoms with E-state index in [0.717, 1.165) is 43.8 Å². The summed E-state index contributed by atoms with van der Waals surface area (Å²) >= 11 is 0. The Morgan fingerprint density at radius 3 is 2.94 bits per heavy atom. The molecule has 1 heterocycles. The monoisotopic (exact) mass is 222 g/mol. The molecule has 0 fully saturated rings. The van der Waals surface area contributed by atoms with Crippen LogP contribution in [0.1, 0.15) is 31.2 Å². The molecule has 1 rings (SSSR count). The minimum atomic E-state index is 0.347. The highest BCUT2D eigenvalue weighted by molar-refractivity contribution is 5.14. The van der Waals surface area contributed by atoms with E-state index in [1.807, 2.05) is 4.68 Å². The minimum Gasteiger partial charge on any atom is -0.385 e. The maximum atomic E-state index is 8.69. The van der Waals surface area contributed by atoms with Gasteiger partial charge >= 0.3 is 0 Å². The van der Waals surface area contributed by atoms with Gasteiger partial charge < -0.3 is 4.74 Å². The molecule has 5 heteroatoms. The van der Waals surface area contributed by atoms with Crippen LogP contribution in [-0.4, -0.2) is 28.7 Å². The Morgan fingerprint density at radius 2 is 2.31 bits per heavy atom. The Balaban J connectivity index is 2.71. The number of aromatic nitrogens is 3. The molecule has 0 aromatic carbocycles. The molecule has 88 valence electrons. The Hall–Kier alpha value is -1.41. The van der Waals surface area contributed by atoms with Gasteiger partial charge in [-0.15, -0.1) is 5.10 Å². The number of nitrogens with zero attached hydrogens (tertiary/aromatic N) is 4. The van der Waals surface area contributed by atoms with Crippen LogP contribution in [0.5, 0.6) is 0 Å². The van der Waals surface area contributed by atoms with Crippen LogP contribution >= 0.6 is 0 Å². The number of hydrogen-bond acceptors (Lipinski definition) is 4. The van der Waals surface area contributed by atoms with Gasteiger partial charge in [-0.1, -0.05) is 18.6 Å². The molecule has 0 spiro atoms. The van der Waals surface area contributed by atoms with Gasteiger partial charge in [-0.25, -0.2) is 4.68 Å². The van der Waals surface area contributed by atoms with Crippen molar-refractivity contribution in [1.29, 1.82) is 5.26 Å².